The summed E-state index contributed by atoms with van der Waals surface area (Å²) in [4.78, 5) is 27.9. The van der Waals surface area contributed by atoms with Crippen molar-refractivity contribution < 1.29 is 14.3 Å². The van der Waals surface area contributed by atoms with Gasteiger partial charge in [0.15, 0.2) is 0 Å². The van der Waals surface area contributed by atoms with Crippen LogP contribution in [0.2, 0.25) is 0 Å². The van der Waals surface area contributed by atoms with E-state index in [0.717, 1.165) is 29.7 Å². The van der Waals surface area contributed by atoms with Crippen molar-refractivity contribution >= 4 is 11.8 Å². The summed E-state index contributed by atoms with van der Waals surface area (Å²) >= 11 is 0. The van der Waals surface area contributed by atoms with Crippen molar-refractivity contribution in [1.29, 1.82) is 0 Å². The van der Waals surface area contributed by atoms with Gasteiger partial charge >= 0.3 is 0 Å². The van der Waals surface area contributed by atoms with Crippen LogP contribution in [-0.2, 0) is 4.79 Å². The maximum atomic E-state index is 13.2. The number of nitrogens with one attached hydrogen (secondary N) is 1. The van der Waals surface area contributed by atoms with Crippen molar-refractivity contribution in [1.82, 2.24) is 10.2 Å². The van der Waals surface area contributed by atoms with Crippen LogP contribution < -0.4 is 10.1 Å². The third-order valence-electron chi connectivity index (χ3n) is 5.78. The highest BCUT2D eigenvalue weighted by molar-refractivity contribution is 5.96. The van der Waals surface area contributed by atoms with E-state index in [1.54, 1.807) is 7.11 Å². The van der Waals surface area contributed by atoms with Crippen LogP contribution >= 0.6 is 0 Å². The van der Waals surface area contributed by atoms with Crippen LogP contribution in [0, 0.1) is 12.8 Å². The third kappa shape index (κ3) is 3.61. The number of hydrogen-bond donors (Lipinski definition) is 1. The number of carbonyl (C=O) groups is 2. The van der Waals surface area contributed by atoms with Crippen molar-refractivity contribution in [2.24, 2.45) is 5.92 Å². The second kappa shape index (κ2) is 7.66. The van der Waals surface area contributed by atoms with E-state index >= 15 is 0 Å². The smallest absolute Gasteiger partial charge is 0.254 e. The highest BCUT2D eigenvalue weighted by Crippen LogP contribution is 2.38. The van der Waals surface area contributed by atoms with E-state index in [1.165, 1.54) is 0 Å². The molecule has 2 atom stereocenters. The Kier molecular flexibility index (Phi) is 5.07. The molecule has 5 nitrogen and oxygen atoms in total. The molecule has 2 amide bonds. The molecule has 0 spiro atoms. The summed E-state index contributed by atoms with van der Waals surface area (Å²) in [5.41, 5.74) is 2.64. The van der Waals surface area contributed by atoms with Crippen molar-refractivity contribution in [2.75, 3.05) is 20.2 Å². The minimum atomic E-state index is -0.273. The molecule has 1 saturated heterocycles. The lowest BCUT2D eigenvalue weighted by atomic mass is 9.87. The van der Waals surface area contributed by atoms with Gasteiger partial charge in [0.25, 0.3) is 5.91 Å². The summed E-state index contributed by atoms with van der Waals surface area (Å²) in [7, 11) is 1.64. The fraction of sp³-hybridized carbons (Fsp3) is 0.391. The molecule has 1 aliphatic carbocycles. The first kappa shape index (κ1) is 18.5. The average molecular weight is 378 g/mol. The predicted molar refractivity (Wildman–Crippen MR) is 107 cm³/mol. The molecule has 146 valence electrons. The zero-order chi connectivity index (χ0) is 19.7. The first-order valence-corrected chi connectivity index (χ1v) is 9.86. The quantitative estimate of drug-likeness (QED) is 0.870. The zero-order valence-electron chi connectivity index (χ0n) is 16.4. The van der Waals surface area contributed by atoms with Gasteiger partial charge in [0.05, 0.1) is 13.0 Å². The van der Waals surface area contributed by atoms with Crippen LogP contribution in [0.1, 0.15) is 40.2 Å². The van der Waals surface area contributed by atoms with Gasteiger partial charge in [0.2, 0.25) is 5.91 Å². The minimum absolute atomic E-state index is 0.0141. The molecule has 1 N–H and O–H groups in total. The number of methoxy groups -OCH3 is 1. The van der Waals surface area contributed by atoms with Gasteiger partial charge < -0.3 is 15.0 Å². The van der Waals surface area contributed by atoms with E-state index in [0.29, 0.717) is 24.7 Å². The Balaban J connectivity index is 1.63. The van der Waals surface area contributed by atoms with Crippen LogP contribution in [0.25, 0.3) is 0 Å². The summed E-state index contributed by atoms with van der Waals surface area (Å²) in [5, 5.41) is 3.13. The highest BCUT2D eigenvalue weighted by Gasteiger charge is 2.43. The standard InChI is InChI=1S/C23H26N2O3/c1-15-7-3-4-8-17(15)23(27)25-13-19(18-9-5-6-10-21(18)28-2)20(14-25)22(26)24-16-11-12-16/h3-10,16,19-20H,11-14H2,1-2H3,(H,24,26)/t19-,20+/m1/s1. The van der Waals surface area contributed by atoms with Crippen molar-refractivity contribution in [3.05, 3.63) is 65.2 Å². The Hall–Kier alpha value is -2.82. The lowest BCUT2D eigenvalue weighted by molar-refractivity contribution is -0.125. The van der Waals surface area contributed by atoms with Crippen LogP contribution in [0.15, 0.2) is 48.5 Å². The topological polar surface area (TPSA) is 58.6 Å². The number of ether oxygens (including phenoxy) is 1. The first-order valence-electron chi connectivity index (χ1n) is 9.86. The first-order chi connectivity index (χ1) is 13.6. The lowest BCUT2D eigenvalue weighted by Crippen LogP contribution is -2.36. The SMILES string of the molecule is COc1ccccc1[C@H]1CN(C(=O)c2ccccc2C)C[C@@H]1C(=O)NC1CC1. The van der Waals surface area contributed by atoms with Gasteiger partial charge in [-0.25, -0.2) is 0 Å². The van der Waals surface area contributed by atoms with Crippen LogP contribution in [0.4, 0.5) is 0 Å². The molecular weight excluding hydrogens is 352 g/mol. The Labute approximate surface area is 165 Å². The van der Waals surface area contributed by atoms with Crippen LogP contribution in [0.3, 0.4) is 0 Å². The molecule has 1 saturated carbocycles. The number of aryl methyl sites for hydroxylation is 1. The van der Waals surface area contributed by atoms with Gasteiger partial charge in [-0.3, -0.25) is 9.59 Å². The molecule has 2 fully saturated rings. The molecule has 1 heterocycles. The minimum Gasteiger partial charge on any atom is -0.496 e. The molecule has 0 radical (unpaired) electrons. The van der Waals surface area contributed by atoms with Crippen molar-refractivity contribution in [3.8, 4) is 5.75 Å². The molecule has 4 rings (SSSR count). The van der Waals surface area contributed by atoms with E-state index in [-0.39, 0.29) is 23.7 Å². The van der Waals surface area contributed by atoms with Crippen molar-refractivity contribution in [3.63, 3.8) is 0 Å². The highest BCUT2D eigenvalue weighted by atomic mass is 16.5. The van der Waals surface area contributed by atoms with Gasteiger partial charge in [-0.1, -0.05) is 36.4 Å². The molecule has 1 aliphatic heterocycles. The summed E-state index contributed by atoms with van der Waals surface area (Å²) in [5.74, 6) is 0.438. The number of para-hydroxylation sites is 1. The molecule has 28 heavy (non-hydrogen) atoms. The summed E-state index contributed by atoms with van der Waals surface area (Å²) < 4.78 is 5.54. The van der Waals surface area contributed by atoms with Gasteiger partial charge in [-0.2, -0.15) is 0 Å². The van der Waals surface area contributed by atoms with Crippen LogP contribution in [0.5, 0.6) is 5.75 Å². The molecular formula is C23H26N2O3. The van der Waals surface area contributed by atoms with Crippen LogP contribution in [-0.4, -0.2) is 43.0 Å². The number of amides is 2. The zero-order valence-corrected chi connectivity index (χ0v) is 16.4. The summed E-state index contributed by atoms with van der Waals surface area (Å²) in [6.45, 7) is 2.88. The lowest BCUT2D eigenvalue weighted by Gasteiger charge is -2.20. The molecule has 0 bridgehead atoms. The normalized spacial score (nSPS) is 21.4. The predicted octanol–water partition coefficient (Wildman–Crippen LogP) is 3.14. The second-order valence-electron chi connectivity index (χ2n) is 7.76. The third-order valence-corrected chi connectivity index (χ3v) is 5.78. The Morgan fingerprint density at radius 3 is 2.46 bits per heavy atom. The molecule has 2 aliphatic rings. The largest absolute Gasteiger partial charge is 0.496 e. The number of likely N-dealkylation sites (tertiary alicyclic amines) is 1. The molecule has 5 heteroatoms. The van der Waals surface area contributed by atoms with E-state index < -0.39 is 0 Å². The Morgan fingerprint density at radius 2 is 1.75 bits per heavy atom. The van der Waals surface area contributed by atoms with E-state index in [4.69, 9.17) is 4.74 Å². The summed E-state index contributed by atoms with van der Waals surface area (Å²) in [6, 6.07) is 15.7. The second-order valence-corrected chi connectivity index (χ2v) is 7.76. The Bertz CT molecular complexity index is 891. The van der Waals surface area contributed by atoms with E-state index in [1.807, 2.05) is 60.4 Å². The number of hydrogen-bond acceptors (Lipinski definition) is 3. The fourth-order valence-electron chi connectivity index (χ4n) is 4.04. The van der Waals surface area contributed by atoms with E-state index in [9.17, 15) is 9.59 Å². The van der Waals surface area contributed by atoms with Crippen molar-refractivity contribution in [2.45, 2.75) is 31.7 Å². The van der Waals surface area contributed by atoms with Gasteiger partial charge in [0, 0.05) is 30.6 Å². The molecule has 2 aromatic rings. The summed E-state index contributed by atoms with van der Waals surface area (Å²) in [6.07, 6.45) is 2.09. The number of nitrogens with zero attached hydrogens (tertiary/aromatic N) is 1. The average Bonchev–Trinajstić information content (AvgIpc) is 3.41. The fourth-order valence-corrected chi connectivity index (χ4v) is 4.04. The van der Waals surface area contributed by atoms with Gasteiger partial charge in [-0.05, 0) is 43.0 Å². The monoisotopic (exact) mass is 378 g/mol. The van der Waals surface area contributed by atoms with Gasteiger partial charge in [-0.15, -0.1) is 0 Å². The number of rotatable bonds is 5. The molecule has 2 aromatic carbocycles. The number of carbonyl (C=O) groups excluding carboxylic acids is 2. The van der Waals surface area contributed by atoms with Gasteiger partial charge in [0.1, 0.15) is 5.75 Å². The van der Waals surface area contributed by atoms with E-state index in [2.05, 4.69) is 5.32 Å². The number of benzene rings is 2. The molecule has 0 unspecified atom stereocenters. The molecule has 0 aromatic heterocycles. The maximum Gasteiger partial charge on any atom is 0.254 e. The Morgan fingerprint density at radius 1 is 1.04 bits per heavy atom. The maximum absolute atomic E-state index is 13.2.